The number of aryl methyl sites for hydroxylation is 2. The summed E-state index contributed by atoms with van der Waals surface area (Å²) in [4.78, 5) is 18.3. The predicted octanol–water partition coefficient (Wildman–Crippen LogP) is 2.02. The van der Waals surface area contributed by atoms with E-state index in [9.17, 15) is 4.79 Å². The van der Waals surface area contributed by atoms with Crippen LogP contribution in [0.15, 0.2) is 30.7 Å². The van der Waals surface area contributed by atoms with Gasteiger partial charge in [-0.1, -0.05) is 6.07 Å². The van der Waals surface area contributed by atoms with Crippen molar-refractivity contribution in [1.29, 1.82) is 0 Å². The van der Waals surface area contributed by atoms with E-state index in [0.717, 1.165) is 17.8 Å². The van der Waals surface area contributed by atoms with Gasteiger partial charge in [0, 0.05) is 44.8 Å². The molecule has 0 aromatic carbocycles. The molecule has 0 bridgehead atoms. The van der Waals surface area contributed by atoms with E-state index in [-0.39, 0.29) is 12.6 Å². The Hall–Kier alpha value is -2.41. The maximum Gasteiger partial charge on any atom is 0.322 e. The number of urea groups is 1. The standard InChI is InChI=1S/C16H23N5O2/c1-3-21-12-15(13(2)19-21)18-16(23)20(8-5-9-22)11-14-6-4-7-17-10-14/h4,6-7,10,12,22H,3,5,8-9,11H2,1-2H3,(H,18,23). The lowest BCUT2D eigenvalue weighted by molar-refractivity contribution is 0.199. The zero-order valence-electron chi connectivity index (χ0n) is 13.6. The molecule has 2 amide bonds. The minimum absolute atomic E-state index is 0.0453. The van der Waals surface area contributed by atoms with Crippen LogP contribution >= 0.6 is 0 Å². The minimum Gasteiger partial charge on any atom is -0.396 e. The van der Waals surface area contributed by atoms with Crippen molar-refractivity contribution in [2.24, 2.45) is 0 Å². The smallest absolute Gasteiger partial charge is 0.322 e. The molecule has 2 heterocycles. The van der Waals surface area contributed by atoms with Crippen LogP contribution in [0.5, 0.6) is 0 Å². The molecule has 0 aliphatic carbocycles. The molecule has 0 fully saturated rings. The summed E-state index contributed by atoms with van der Waals surface area (Å²) in [5, 5.41) is 16.3. The zero-order chi connectivity index (χ0) is 16.7. The number of anilines is 1. The van der Waals surface area contributed by atoms with Crippen molar-refractivity contribution in [3.8, 4) is 0 Å². The SMILES string of the molecule is CCn1cc(NC(=O)N(CCCO)Cc2cccnc2)c(C)n1. The summed E-state index contributed by atoms with van der Waals surface area (Å²) in [6.45, 7) is 5.57. The van der Waals surface area contributed by atoms with E-state index in [2.05, 4.69) is 15.4 Å². The van der Waals surface area contributed by atoms with Gasteiger partial charge in [0.1, 0.15) is 0 Å². The molecule has 0 radical (unpaired) electrons. The molecule has 2 rings (SSSR count). The monoisotopic (exact) mass is 317 g/mol. The maximum absolute atomic E-state index is 12.5. The average Bonchev–Trinajstić information content (AvgIpc) is 2.92. The molecule has 7 nitrogen and oxygen atoms in total. The highest BCUT2D eigenvalue weighted by Crippen LogP contribution is 2.14. The third-order valence-electron chi connectivity index (χ3n) is 3.48. The topological polar surface area (TPSA) is 83.3 Å². The van der Waals surface area contributed by atoms with Gasteiger partial charge in [-0.2, -0.15) is 5.10 Å². The van der Waals surface area contributed by atoms with Crippen molar-refractivity contribution >= 4 is 11.7 Å². The lowest BCUT2D eigenvalue weighted by Crippen LogP contribution is -2.35. The molecular formula is C16H23N5O2. The Morgan fingerprint density at radius 3 is 2.91 bits per heavy atom. The van der Waals surface area contributed by atoms with Gasteiger partial charge < -0.3 is 15.3 Å². The van der Waals surface area contributed by atoms with Crippen LogP contribution in [0.3, 0.4) is 0 Å². The van der Waals surface area contributed by atoms with Crippen molar-refractivity contribution in [3.05, 3.63) is 42.0 Å². The molecule has 0 aliphatic rings. The van der Waals surface area contributed by atoms with Crippen LogP contribution in [-0.2, 0) is 13.1 Å². The predicted molar refractivity (Wildman–Crippen MR) is 88.0 cm³/mol. The first-order valence-electron chi connectivity index (χ1n) is 7.73. The maximum atomic E-state index is 12.5. The van der Waals surface area contributed by atoms with Gasteiger partial charge in [0.2, 0.25) is 0 Å². The highest BCUT2D eigenvalue weighted by molar-refractivity contribution is 5.89. The summed E-state index contributed by atoms with van der Waals surface area (Å²) in [6.07, 6.45) is 5.78. The fraction of sp³-hybridized carbons (Fsp3) is 0.438. The number of pyridine rings is 1. The van der Waals surface area contributed by atoms with Gasteiger partial charge in [-0.15, -0.1) is 0 Å². The van der Waals surface area contributed by atoms with Gasteiger partial charge in [0.25, 0.3) is 0 Å². The number of rotatable bonds is 7. The molecule has 0 atom stereocenters. The second-order valence-electron chi connectivity index (χ2n) is 5.27. The summed E-state index contributed by atoms with van der Waals surface area (Å²) >= 11 is 0. The summed E-state index contributed by atoms with van der Waals surface area (Å²) in [5.41, 5.74) is 2.43. The number of hydrogen-bond acceptors (Lipinski definition) is 4. The highest BCUT2D eigenvalue weighted by Gasteiger charge is 2.16. The van der Waals surface area contributed by atoms with Crippen LogP contribution in [0.4, 0.5) is 10.5 Å². The molecule has 2 aromatic heterocycles. The van der Waals surface area contributed by atoms with Crippen LogP contribution in [0.1, 0.15) is 24.6 Å². The molecule has 0 spiro atoms. The second kappa shape index (κ2) is 8.28. The molecule has 0 saturated heterocycles. The molecule has 2 N–H and O–H groups in total. The third-order valence-corrected chi connectivity index (χ3v) is 3.48. The second-order valence-corrected chi connectivity index (χ2v) is 5.27. The summed E-state index contributed by atoms with van der Waals surface area (Å²) in [5.74, 6) is 0. The minimum atomic E-state index is -0.207. The summed E-state index contributed by atoms with van der Waals surface area (Å²) in [7, 11) is 0. The number of carbonyl (C=O) groups is 1. The van der Waals surface area contributed by atoms with Gasteiger partial charge in [-0.05, 0) is 31.9 Å². The molecular weight excluding hydrogens is 294 g/mol. The first-order valence-corrected chi connectivity index (χ1v) is 7.73. The van der Waals surface area contributed by atoms with Crippen LogP contribution in [0.2, 0.25) is 0 Å². The largest absolute Gasteiger partial charge is 0.396 e. The number of hydrogen-bond donors (Lipinski definition) is 2. The Labute approximate surface area is 136 Å². The van der Waals surface area contributed by atoms with Gasteiger partial charge in [-0.3, -0.25) is 9.67 Å². The Bertz CT molecular complexity index is 627. The molecule has 7 heteroatoms. The number of nitrogens with zero attached hydrogens (tertiary/aromatic N) is 4. The van der Waals surface area contributed by atoms with E-state index in [1.165, 1.54) is 0 Å². The van der Waals surface area contributed by atoms with Gasteiger partial charge >= 0.3 is 6.03 Å². The lowest BCUT2D eigenvalue weighted by atomic mass is 10.2. The van der Waals surface area contributed by atoms with Gasteiger partial charge in [0.05, 0.1) is 11.4 Å². The van der Waals surface area contributed by atoms with Crippen molar-refractivity contribution in [2.75, 3.05) is 18.5 Å². The quantitative estimate of drug-likeness (QED) is 0.818. The van der Waals surface area contributed by atoms with E-state index < -0.39 is 0 Å². The molecule has 0 saturated carbocycles. The normalized spacial score (nSPS) is 10.6. The van der Waals surface area contributed by atoms with Gasteiger partial charge in [-0.25, -0.2) is 4.79 Å². The Balaban J connectivity index is 2.07. The molecule has 124 valence electrons. The molecule has 23 heavy (non-hydrogen) atoms. The fourth-order valence-electron chi connectivity index (χ4n) is 2.22. The lowest BCUT2D eigenvalue weighted by Gasteiger charge is -2.22. The van der Waals surface area contributed by atoms with E-state index in [1.54, 1.807) is 22.0 Å². The number of carbonyl (C=O) groups excluding carboxylic acids is 1. The Morgan fingerprint density at radius 2 is 2.30 bits per heavy atom. The molecule has 2 aromatic rings. The Morgan fingerprint density at radius 1 is 1.48 bits per heavy atom. The number of aromatic nitrogens is 3. The van der Waals surface area contributed by atoms with Crippen molar-refractivity contribution in [2.45, 2.75) is 33.4 Å². The Kier molecular flexibility index (Phi) is 6.10. The summed E-state index contributed by atoms with van der Waals surface area (Å²) < 4.78 is 1.78. The first kappa shape index (κ1) is 17.0. The molecule has 0 aliphatic heterocycles. The van der Waals surface area contributed by atoms with E-state index in [4.69, 9.17) is 5.11 Å². The van der Waals surface area contributed by atoms with E-state index in [0.29, 0.717) is 25.2 Å². The van der Waals surface area contributed by atoms with Crippen molar-refractivity contribution < 1.29 is 9.90 Å². The van der Waals surface area contributed by atoms with Crippen LogP contribution in [0.25, 0.3) is 0 Å². The average molecular weight is 317 g/mol. The van der Waals surface area contributed by atoms with E-state index in [1.807, 2.05) is 32.2 Å². The molecule has 0 unspecified atom stereocenters. The highest BCUT2D eigenvalue weighted by atomic mass is 16.3. The number of aliphatic hydroxyl groups excluding tert-OH is 1. The number of nitrogens with one attached hydrogen (secondary N) is 1. The van der Waals surface area contributed by atoms with Crippen molar-refractivity contribution in [1.82, 2.24) is 19.7 Å². The van der Waals surface area contributed by atoms with Crippen LogP contribution < -0.4 is 5.32 Å². The summed E-state index contributed by atoms with van der Waals surface area (Å²) in [6, 6.07) is 3.56. The van der Waals surface area contributed by atoms with Crippen molar-refractivity contribution in [3.63, 3.8) is 0 Å². The fourth-order valence-corrected chi connectivity index (χ4v) is 2.22. The zero-order valence-corrected chi connectivity index (χ0v) is 13.6. The van der Waals surface area contributed by atoms with Gasteiger partial charge in [0.15, 0.2) is 0 Å². The first-order chi connectivity index (χ1) is 11.1. The van der Waals surface area contributed by atoms with Crippen LogP contribution in [0, 0.1) is 6.92 Å². The number of aliphatic hydroxyl groups is 1. The van der Waals surface area contributed by atoms with E-state index >= 15 is 0 Å². The number of amides is 2. The van der Waals surface area contributed by atoms with Crippen LogP contribution in [-0.4, -0.2) is 44.0 Å². The third kappa shape index (κ3) is 4.79.